The summed E-state index contributed by atoms with van der Waals surface area (Å²) in [4.78, 5) is 4.08. The summed E-state index contributed by atoms with van der Waals surface area (Å²) in [6, 6.07) is 4.73. The molecular weight excluding hydrogens is 271 g/mol. The Morgan fingerprint density at radius 3 is 2.60 bits per heavy atom. The van der Waals surface area contributed by atoms with Gasteiger partial charge in [-0.15, -0.1) is 0 Å². The Bertz CT molecular complexity index is 605. The second-order valence-electron chi connectivity index (χ2n) is 4.77. The minimum atomic E-state index is -4.41. The maximum atomic E-state index is 12.6. The van der Waals surface area contributed by atoms with Crippen molar-refractivity contribution >= 4 is 0 Å². The van der Waals surface area contributed by atoms with Crippen molar-refractivity contribution in [2.75, 3.05) is 0 Å². The molecule has 0 radical (unpaired) electrons. The molecule has 1 unspecified atom stereocenters. The summed E-state index contributed by atoms with van der Waals surface area (Å²) in [5, 5.41) is 3.73. The lowest BCUT2D eigenvalue weighted by molar-refractivity contribution is -0.137. The van der Waals surface area contributed by atoms with Gasteiger partial charge in [0.05, 0.1) is 11.1 Å². The molecular formula is C13H14F3N3O. The van der Waals surface area contributed by atoms with E-state index in [9.17, 15) is 13.2 Å². The molecule has 0 aliphatic rings. The third-order valence-corrected chi connectivity index (χ3v) is 3.11. The Hall–Kier alpha value is -1.89. The van der Waals surface area contributed by atoms with Crippen molar-refractivity contribution < 1.29 is 17.7 Å². The molecule has 20 heavy (non-hydrogen) atoms. The molecule has 2 rings (SSSR count). The van der Waals surface area contributed by atoms with Crippen LogP contribution in [0.5, 0.6) is 0 Å². The van der Waals surface area contributed by atoms with Crippen LogP contribution in [0.3, 0.4) is 0 Å². The molecule has 0 aliphatic carbocycles. The van der Waals surface area contributed by atoms with Crippen LogP contribution in [0.15, 0.2) is 28.8 Å². The predicted octanol–water partition coefficient (Wildman–Crippen LogP) is 3.34. The fourth-order valence-corrected chi connectivity index (χ4v) is 1.56. The number of nitrogens with zero attached hydrogens (tertiary/aromatic N) is 2. The van der Waals surface area contributed by atoms with E-state index in [1.807, 2.05) is 6.92 Å². The van der Waals surface area contributed by atoms with Crippen molar-refractivity contribution in [3.05, 3.63) is 35.7 Å². The molecule has 1 heterocycles. The van der Waals surface area contributed by atoms with Crippen molar-refractivity contribution in [1.82, 2.24) is 10.1 Å². The molecule has 0 aliphatic heterocycles. The minimum Gasteiger partial charge on any atom is -0.334 e. The Labute approximate surface area is 113 Å². The second-order valence-corrected chi connectivity index (χ2v) is 4.77. The average Bonchev–Trinajstić information content (AvgIpc) is 2.88. The summed E-state index contributed by atoms with van der Waals surface area (Å²) in [7, 11) is 0. The molecule has 108 valence electrons. The summed E-state index contributed by atoms with van der Waals surface area (Å²) >= 11 is 0. The minimum absolute atomic E-state index is 0.0243. The molecule has 0 spiro atoms. The third kappa shape index (κ3) is 2.82. The number of halogens is 3. The zero-order valence-electron chi connectivity index (χ0n) is 11.0. The fourth-order valence-electron chi connectivity index (χ4n) is 1.56. The largest absolute Gasteiger partial charge is 0.416 e. The average molecular weight is 285 g/mol. The molecule has 0 fully saturated rings. The van der Waals surface area contributed by atoms with E-state index in [1.165, 1.54) is 12.1 Å². The number of benzene rings is 1. The molecule has 4 nitrogen and oxygen atoms in total. The van der Waals surface area contributed by atoms with Gasteiger partial charge in [-0.05, 0) is 31.5 Å². The molecule has 1 atom stereocenters. The molecule has 1 aromatic heterocycles. The van der Waals surface area contributed by atoms with Crippen molar-refractivity contribution in [3.8, 4) is 11.5 Å². The lowest BCUT2D eigenvalue weighted by atomic mass is 10.00. The number of nitrogens with two attached hydrogens (primary N) is 1. The van der Waals surface area contributed by atoms with Crippen LogP contribution in [0.2, 0.25) is 0 Å². The zero-order chi connectivity index (χ0) is 15.0. The molecule has 7 heteroatoms. The van der Waals surface area contributed by atoms with Crippen LogP contribution >= 0.6 is 0 Å². The van der Waals surface area contributed by atoms with Crippen LogP contribution in [0.4, 0.5) is 13.2 Å². The van der Waals surface area contributed by atoms with Gasteiger partial charge in [0.25, 0.3) is 5.89 Å². The van der Waals surface area contributed by atoms with Crippen molar-refractivity contribution in [2.45, 2.75) is 32.0 Å². The Kier molecular flexibility index (Phi) is 3.56. The number of rotatable bonds is 3. The fraction of sp³-hybridized carbons (Fsp3) is 0.385. The van der Waals surface area contributed by atoms with Crippen LogP contribution in [-0.2, 0) is 11.7 Å². The van der Waals surface area contributed by atoms with Crippen molar-refractivity contribution in [2.24, 2.45) is 5.73 Å². The SMILES string of the molecule is CCC(C)(N)c1noc(-c2cccc(C(F)(F)F)c2)n1. The molecule has 0 amide bonds. The molecule has 2 N–H and O–H groups in total. The lowest BCUT2D eigenvalue weighted by Crippen LogP contribution is -2.33. The first-order valence-electron chi connectivity index (χ1n) is 6.05. The number of hydrogen-bond donors (Lipinski definition) is 1. The first-order valence-corrected chi connectivity index (χ1v) is 6.05. The Morgan fingerprint density at radius 2 is 2.00 bits per heavy atom. The Balaban J connectivity index is 2.38. The normalized spacial score (nSPS) is 15.1. The maximum Gasteiger partial charge on any atom is 0.416 e. The predicted molar refractivity (Wildman–Crippen MR) is 66.6 cm³/mol. The first-order chi connectivity index (χ1) is 9.24. The van der Waals surface area contributed by atoms with Crippen molar-refractivity contribution in [1.29, 1.82) is 0 Å². The van der Waals surface area contributed by atoms with Gasteiger partial charge >= 0.3 is 6.18 Å². The van der Waals surface area contributed by atoms with Crippen LogP contribution in [-0.4, -0.2) is 10.1 Å². The van der Waals surface area contributed by atoms with Crippen LogP contribution in [0.25, 0.3) is 11.5 Å². The summed E-state index contributed by atoms with van der Waals surface area (Å²) < 4.78 is 42.9. The van der Waals surface area contributed by atoms with E-state index >= 15 is 0 Å². The zero-order valence-corrected chi connectivity index (χ0v) is 11.0. The topological polar surface area (TPSA) is 64.9 Å². The summed E-state index contributed by atoms with van der Waals surface area (Å²) in [5.74, 6) is 0.295. The van der Waals surface area contributed by atoms with Gasteiger partial charge in [-0.25, -0.2) is 0 Å². The third-order valence-electron chi connectivity index (χ3n) is 3.11. The van der Waals surface area contributed by atoms with Crippen LogP contribution in [0, 0.1) is 0 Å². The molecule has 0 saturated carbocycles. The number of alkyl halides is 3. The molecule has 2 aromatic rings. The van der Waals surface area contributed by atoms with Gasteiger partial charge in [0.2, 0.25) is 0 Å². The highest BCUT2D eigenvalue weighted by molar-refractivity contribution is 5.54. The van der Waals surface area contributed by atoms with E-state index in [0.29, 0.717) is 6.42 Å². The monoisotopic (exact) mass is 285 g/mol. The van der Waals surface area contributed by atoms with E-state index in [-0.39, 0.29) is 17.3 Å². The van der Waals surface area contributed by atoms with Gasteiger partial charge in [-0.1, -0.05) is 18.1 Å². The van der Waals surface area contributed by atoms with Crippen LogP contribution < -0.4 is 5.73 Å². The highest BCUT2D eigenvalue weighted by atomic mass is 19.4. The second kappa shape index (κ2) is 4.90. The van der Waals surface area contributed by atoms with Gasteiger partial charge in [0.1, 0.15) is 0 Å². The molecule has 0 bridgehead atoms. The van der Waals surface area contributed by atoms with Gasteiger partial charge in [0, 0.05) is 5.56 Å². The quantitative estimate of drug-likeness (QED) is 0.939. The number of hydrogen-bond acceptors (Lipinski definition) is 4. The van der Waals surface area contributed by atoms with E-state index < -0.39 is 17.3 Å². The molecule has 1 aromatic carbocycles. The Morgan fingerprint density at radius 1 is 1.30 bits per heavy atom. The summed E-state index contributed by atoms with van der Waals surface area (Å²) in [6.45, 7) is 3.59. The van der Waals surface area contributed by atoms with E-state index in [4.69, 9.17) is 10.3 Å². The summed E-state index contributed by atoms with van der Waals surface area (Å²) in [6.07, 6.45) is -3.83. The smallest absolute Gasteiger partial charge is 0.334 e. The van der Waals surface area contributed by atoms with Gasteiger partial charge in [-0.3, -0.25) is 0 Å². The highest BCUT2D eigenvalue weighted by Crippen LogP contribution is 2.32. The standard InChI is InChI=1S/C13H14F3N3O/c1-3-12(2,17)11-18-10(20-19-11)8-5-4-6-9(7-8)13(14,15)16/h4-7H,3,17H2,1-2H3. The number of aromatic nitrogens is 2. The van der Waals surface area contributed by atoms with E-state index in [2.05, 4.69) is 10.1 Å². The van der Waals surface area contributed by atoms with Gasteiger partial charge in [-0.2, -0.15) is 18.2 Å². The summed E-state index contributed by atoms with van der Waals surface area (Å²) in [5.41, 5.74) is 4.64. The van der Waals surface area contributed by atoms with Gasteiger partial charge < -0.3 is 10.3 Å². The highest BCUT2D eigenvalue weighted by Gasteiger charge is 2.31. The molecule has 0 saturated heterocycles. The first kappa shape index (κ1) is 14.5. The lowest BCUT2D eigenvalue weighted by Gasteiger charge is -2.16. The van der Waals surface area contributed by atoms with Gasteiger partial charge in [0.15, 0.2) is 5.82 Å². The van der Waals surface area contributed by atoms with E-state index in [1.54, 1.807) is 6.92 Å². The maximum absolute atomic E-state index is 12.6. The van der Waals surface area contributed by atoms with Crippen LogP contribution in [0.1, 0.15) is 31.7 Å². The van der Waals surface area contributed by atoms with Crippen molar-refractivity contribution in [3.63, 3.8) is 0 Å². The van der Waals surface area contributed by atoms with E-state index in [0.717, 1.165) is 12.1 Å².